The van der Waals surface area contributed by atoms with E-state index >= 15 is 0 Å². The van der Waals surface area contributed by atoms with Crippen LogP contribution in [0, 0.1) is 18.6 Å². The Morgan fingerprint density at radius 2 is 1.94 bits per heavy atom. The zero-order valence-corrected chi connectivity index (χ0v) is 12.0. The maximum absolute atomic E-state index is 13.6. The predicted octanol–water partition coefficient (Wildman–Crippen LogP) is 5.43. The highest BCUT2D eigenvalue weighted by atomic mass is 79.9. The Kier molecular flexibility index (Phi) is 3.85. The largest absolute Gasteiger partial charge is 0.207 e. The van der Waals surface area contributed by atoms with E-state index in [1.54, 1.807) is 6.92 Å². The first-order chi connectivity index (χ1) is 7.99. The number of alkyl halides is 1. The molecule has 2 rings (SSSR count). The van der Waals surface area contributed by atoms with Crippen LogP contribution in [0.5, 0.6) is 0 Å². The minimum atomic E-state index is -0.613. The van der Waals surface area contributed by atoms with Gasteiger partial charge >= 0.3 is 0 Å². The molecule has 1 aromatic carbocycles. The van der Waals surface area contributed by atoms with E-state index in [0.717, 1.165) is 14.7 Å². The van der Waals surface area contributed by atoms with Crippen LogP contribution in [0.3, 0.4) is 0 Å². The molecule has 0 spiro atoms. The first-order valence-corrected chi connectivity index (χ1v) is 6.88. The minimum Gasteiger partial charge on any atom is -0.207 e. The van der Waals surface area contributed by atoms with Crippen LogP contribution in [0.2, 0.25) is 0 Å². The molecule has 1 unspecified atom stereocenters. The van der Waals surface area contributed by atoms with E-state index in [0.29, 0.717) is 11.1 Å². The van der Waals surface area contributed by atoms with Crippen molar-refractivity contribution in [2.24, 2.45) is 0 Å². The summed E-state index contributed by atoms with van der Waals surface area (Å²) in [6, 6.07) is 6.01. The van der Waals surface area contributed by atoms with E-state index in [1.165, 1.54) is 17.4 Å². The van der Waals surface area contributed by atoms with Crippen LogP contribution in [0.1, 0.15) is 21.4 Å². The van der Waals surface area contributed by atoms with Gasteiger partial charge in [0.05, 0.1) is 9.16 Å². The number of hydrogen-bond donors (Lipinski definition) is 0. The molecule has 1 atom stereocenters. The fraction of sp³-hybridized carbons (Fsp3) is 0.167. The molecular formula is C12H8BrClF2S. The molecule has 17 heavy (non-hydrogen) atoms. The monoisotopic (exact) mass is 336 g/mol. The zero-order valence-electron chi connectivity index (χ0n) is 8.81. The molecule has 5 heteroatoms. The first kappa shape index (κ1) is 13.0. The zero-order chi connectivity index (χ0) is 12.6. The summed E-state index contributed by atoms with van der Waals surface area (Å²) in [4.78, 5) is 0.823. The average molecular weight is 338 g/mol. The van der Waals surface area contributed by atoms with Crippen LogP contribution in [0.4, 0.5) is 8.78 Å². The van der Waals surface area contributed by atoms with Gasteiger partial charge in [0, 0.05) is 16.5 Å². The van der Waals surface area contributed by atoms with E-state index in [2.05, 4.69) is 15.9 Å². The smallest absolute Gasteiger partial charge is 0.131 e. The fourth-order valence-electron chi connectivity index (χ4n) is 1.49. The summed E-state index contributed by atoms with van der Waals surface area (Å²) < 4.78 is 27.7. The Hall–Kier alpha value is -0.450. The number of aryl methyl sites for hydroxylation is 1. The third-order valence-electron chi connectivity index (χ3n) is 2.39. The van der Waals surface area contributed by atoms with Gasteiger partial charge in [0.15, 0.2) is 0 Å². The lowest BCUT2D eigenvalue weighted by atomic mass is 10.1. The van der Waals surface area contributed by atoms with Gasteiger partial charge in [-0.05, 0) is 46.6 Å². The molecule has 0 fully saturated rings. The van der Waals surface area contributed by atoms with Crippen LogP contribution >= 0.6 is 38.9 Å². The van der Waals surface area contributed by atoms with Gasteiger partial charge < -0.3 is 0 Å². The predicted molar refractivity (Wildman–Crippen MR) is 70.8 cm³/mol. The molecule has 0 amide bonds. The Labute approximate surface area is 115 Å². The lowest BCUT2D eigenvalue weighted by molar-refractivity contribution is 0.568. The third-order valence-corrected chi connectivity index (χ3v) is 4.68. The van der Waals surface area contributed by atoms with E-state index in [-0.39, 0.29) is 0 Å². The Morgan fingerprint density at radius 1 is 1.24 bits per heavy atom. The van der Waals surface area contributed by atoms with Crippen molar-refractivity contribution in [1.29, 1.82) is 0 Å². The molecule has 0 saturated carbocycles. The van der Waals surface area contributed by atoms with E-state index in [4.69, 9.17) is 11.6 Å². The number of rotatable bonds is 2. The van der Waals surface area contributed by atoms with Gasteiger partial charge in [-0.3, -0.25) is 0 Å². The SMILES string of the molecule is Cc1cc(C(Cl)c2ccc(Br)s2)c(F)cc1F. The van der Waals surface area contributed by atoms with Gasteiger partial charge in [-0.15, -0.1) is 22.9 Å². The van der Waals surface area contributed by atoms with Gasteiger partial charge in [0.2, 0.25) is 0 Å². The standard InChI is InChI=1S/C12H8BrClF2S/c1-6-4-7(9(16)5-8(6)15)12(14)10-2-3-11(13)17-10/h2-5,12H,1H3. The third kappa shape index (κ3) is 2.69. The Morgan fingerprint density at radius 3 is 2.53 bits per heavy atom. The molecule has 0 saturated heterocycles. The van der Waals surface area contributed by atoms with Crippen molar-refractivity contribution >= 4 is 38.9 Å². The molecule has 0 N–H and O–H groups in total. The van der Waals surface area contributed by atoms with Crippen molar-refractivity contribution in [2.45, 2.75) is 12.3 Å². The average Bonchev–Trinajstić information content (AvgIpc) is 2.69. The summed E-state index contributed by atoms with van der Waals surface area (Å²) in [7, 11) is 0. The van der Waals surface area contributed by atoms with Crippen molar-refractivity contribution in [3.05, 3.63) is 55.7 Å². The molecule has 90 valence electrons. The summed E-state index contributed by atoms with van der Waals surface area (Å²) in [5.74, 6) is -1.17. The molecule has 0 aliphatic rings. The summed E-state index contributed by atoms with van der Waals surface area (Å²) in [6.45, 7) is 1.59. The van der Waals surface area contributed by atoms with Crippen molar-refractivity contribution in [1.82, 2.24) is 0 Å². The summed E-state index contributed by atoms with van der Waals surface area (Å²) in [5, 5.41) is -0.592. The molecule has 0 aliphatic carbocycles. The van der Waals surface area contributed by atoms with Crippen molar-refractivity contribution in [3.63, 3.8) is 0 Å². The lowest BCUT2D eigenvalue weighted by Crippen LogP contribution is -1.98. The lowest BCUT2D eigenvalue weighted by Gasteiger charge is -2.10. The topological polar surface area (TPSA) is 0 Å². The highest BCUT2D eigenvalue weighted by Crippen LogP contribution is 2.37. The van der Waals surface area contributed by atoms with Crippen LogP contribution in [-0.2, 0) is 0 Å². The summed E-state index contributed by atoms with van der Waals surface area (Å²) >= 11 is 11.0. The molecule has 0 radical (unpaired) electrons. The van der Waals surface area contributed by atoms with Gasteiger partial charge in [-0.2, -0.15) is 0 Å². The molecule has 1 heterocycles. The summed E-state index contributed by atoms with van der Waals surface area (Å²) in [5.41, 5.74) is 0.697. The van der Waals surface area contributed by atoms with Gasteiger partial charge in [-0.25, -0.2) is 8.78 Å². The van der Waals surface area contributed by atoms with E-state index < -0.39 is 17.0 Å². The maximum Gasteiger partial charge on any atom is 0.131 e. The number of halogens is 4. The molecule has 0 nitrogen and oxygen atoms in total. The fourth-order valence-corrected chi connectivity index (χ4v) is 3.29. The van der Waals surface area contributed by atoms with E-state index in [1.807, 2.05) is 12.1 Å². The highest BCUT2D eigenvalue weighted by molar-refractivity contribution is 9.11. The normalized spacial score (nSPS) is 12.8. The number of hydrogen-bond acceptors (Lipinski definition) is 1. The maximum atomic E-state index is 13.6. The quantitative estimate of drug-likeness (QED) is 0.641. The first-order valence-electron chi connectivity index (χ1n) is 4.84. The van der Waals surface area contributed by atoms with Gasteiger partial charge in [0.1, 0.15) is 11.6 Å². The minimum absolute atomic E-state index is 0.305. The van der Waals surface area contributed by atoms with Gasteiger partial charge in [-0.1, -0.05) is 0 Å². The Balaban J connectivity index is 2.43. The van der Waals surface area contributed by atoms with Gasteiger partial charge in [0.25, 0.3) is 0 Å². The molecule has 2 aromatic rings. The van der Waals surface area contributed by atoms with Crippen molar-refractivity contribution in [2.75, 3.05) is 0 Å². The second-order valence-electron chi connectivity index (χ2n) is 3.63. The molecule has 1 aromatic heterocycles. The molecule has 0 bridgehead atoms. The van der Waals surface area contributed by atoms with Crippen molar-refractivity contribution < 1.29 is 8.78 Å². The highest BCUT2D eigenvalue weighted by Gasteiger charge is 2.18. The van der Waals surface area contributed by atoms with Crippen LogP contribution < -0.4 is 0 Å². The second-order valence-corrected chi connectivity index (χ2v) is 6.56. The van der Waals surface area contributed by atoms with Crippen LogP contribution in [0.15, 0.2) is 28.1 Å². The van der Waals surface area contributed by atoms with E-state index in [9.17, 15) is 8.78 Å². The Bertz CT molecular complexity index is 553. The van der Waals surface area contributed by atoms with Crippen molar-refractivity contribution in [3.8, 4) is 0 Å². The van der Waals surface area contributed by atoms with Crippen LogP contribution in [-0.4, -0.2) is 0 Å². The molecular weight excluding hydrogens is 330 g/mol. The second kappa shape index (κ2) is 5.04. The number of benzene rings is 1. The number of thiophene rings is 1. The summed E-state index contributed by atoms with van der Waals surface area (Å²) in [6.07, 6.45) is 0. The molecule has 0 aliphatic heterocycles. The van der Waals surface area contributed by atoms with Crippen LogP contribution in [0.25, 0.3) is 0 Å².